The van der Waals surface area contributed by atoms with Gasteiger partial charge in [-0.3, -0.25) is 9.59 Å². The number of ether oxygens (including phenoxy) is 4. The van der Waals surface area contributed by atoms with Crippen molar-refractivity contribution in [3.8, 4) is 17.2 Å². The number of aryl methyl sites for hydroxylation is 1. The number of benzene rings is 2. The van der Waals surface area contributed by atoms with E-state index in [9.17, 15) is 9.59 Å². The molecule has 0 aromatic heterocycles. The molecule has 0 aliphatic carbocycles. The van der Waals surface area contributed by atoms with Gasteiger partial charge in [-0.25, -0.2) is 0 Å². The number of esters is 1. The standard InChI is InChI=1S/C20H22ClNO6/c1-25-16-10-13(11-17(26-2)20(16)27-3)8-9-19(24)28-12-18(23)22-15-7-5-4-6-14(15)21/h4-7,10-11H,8-9,12H2,1-3H3,(H,22,23). The molecule has 0 radical (unpaired) electrons. The summed E-state index contributed by atoms with van der Waals surface area (Å²) < 4.78 is 20.9. The Morgan fingerprint density at radius 3 is 2.21 bits per heavy atom. The second kappa shape index (κ2) is 10.4. The van der Waals surface area contributed by atoms with Gasteiger partial charge in [0.1, 0.15) is 0 Å². The molecule has 0 saturated heterocycles. The van der Waals surface area contributed by atoms with Gasteiger partial charge in [0.25, 0.3) is 5.91 Å². The van der Waals surface area contributed by atoms with Gasteiger partial charge in [0, 0.05) is 6.42 Å². The number of methoxy groups -OCH3 is 3. The van der Waals surface area contributed by atoms with Crippen molar-refractivity contribution in [2.45, 2.75) is 12.8 Å². The van der Waals surface area contributed by atoms with Crippen LogP contribution in [0.4, 0.5) is 5.69 Å². The molecule has 1 N–H and O–H groups in total. The normalized spacial score (nSPS) is 10.1. The van der Waals surface area contributed by atoms with Crippen molar-refractivity contribution < 1.29 is 28.5 Å². The van der Waals surface area contributed by atoms with E-state index in [2.05, 4.69) is 5.32 Å². The Morgan fingerprint density at radius 2 is 1.64 bits per heavy atom. The van der Waals surface area contributed by atoms with Gasteiger partial charge in [-0.05, 0) is 36.2 Å². The quantitative estimate of drug-likeness (QED) is 0.641. The second-order valence-electron chi connectivity index (χ2n) is 5.72. The van der Waals surface area contributed by atoms with E-state index in [1.807, 2.05) is 0 Å². The van der Waals surface area contributed by atoms with Gasteiger partial charge in [0.15, 0.2) is 18.1 Å². The molecule has 1 amide bonds. The maximum absolute atomic E-state index is 12.0. The first-order chi connectivity index (χ1) is 13.5. The Labute approximate surface area is 168 Å². The van der Waals surface area contributed by atoms with Crippen molar-refractivity contribution in [3.63, 3.8) is 0 Å². The van der Waals surface area contributed by atoms with Crippen molar-refractivity contribution in [1.29, 1.82) is 0 Å². The Balaban J connectivity index is 1.87. The van der Waals surface area contributed by atoms with E-state index in [-0.39, 0.29) is 13.0 Å². The SMILES string of the molecule is COc1cc(CCC(=O)OCC(=O)Nc2ccccc2Cl)cc(OC)c1OC. The summed E-state index contributed by atoms with van der Waals surface area (Å²) in [5.41, 5.74) is 1.27. The lowest BCUT2D eigenvalue weighted by Crippen LogP contribution is -2.21. The maximum atomic E-state index is 12.0. The molecular weight excluding hydrogens is 386 g/mol. The fraction of sp³-hybridized carbons (Fsp3) is 0.300. The number of carbonyl (C=O) groups is 2. The second-order valence-corrected chi connectivity index (χ2v) is 6.13. The molecular formula is C20H22ClNO6. The summed E-state index contributed by atoms with van der Waals surface area (Å²) in [7, 11) is 4.56. The molecule has 8 heteroatoms. The van der Waals surface area contributed by atoms with Crippen LogP contribution in [0.5, 0.6) is 17.2 Å². The predicted octanol–water partition coefficient (Wildman–Crippen LogP) is 3.48. The summed E-state index contributed by atoms with van der Waals surface area (Å²) in [5.74, 6) is 0.526. The summed E-state index contributed by atoms with van der Waals surface area (Å²) in [6, 6.07) is 10.3. The molecule has 0 fully saturated rings. The topological polar surface area (TPSA) is 83.1 Å². The van der Waals surface area contributed by atoms with E-state index in [0.717, 1.165) is 5.56 Å². The van der Waals surface area contributed by atoms with Gasteiger partial charge < -0.3 is 24.3 Å². The minimum atomic E-state index is -0.497. The lowest BCUT2D eigenvalue weighted by molar-refractivity contribution is -0.147. The van der Waals surface area contributed by atoms with Crippen molar-refractivity contribution in [2.75, 3.05) is 33.3 Å². The molecule has 0 atom stereocenters. The van der Waals surface area contributed by atoms with E-state index in [4.69, 9.17) is 30.5 Å². The van der Waals surface area contributed by atoms with Crippen LogP contribution in [0.25, 0.3) is 0 Å². The van der Waals surface area contributed by atoms with Crippen LogP contribution in [-0.4, -0.2) is 39.8 Å². The third kappa shape index (κ3) is 5.79. The molecule has 2 aromatic rings. The van der Waals surface area contributed by atoms with Crippen LogP contribution < -0.4 is 19.5 Å². The van der Waals surface area contributed by atoms with Crippen LogP contribution in [0.1, 0.15) is 12.0 Å². The van der Waals surface area contributed by atoms with Crippen molar-refractivity contribution in [2.24, 2.45) is 0 Å². The molecule has 0 aliphatic rings. The number of halogens is 1. The van der Waals surface area contributed by atoms with E-state index in [1.54, 1.807) is 36.4 Å². The average Bonchev–Trinajstić information content (AvgIpc) is 2.71. The van der Waals surface area contributed by atoms with Gasteiger partial charge in [-0.1, -0.05) is 23.7 Å². The number of nitrogens with one attached hydrogen (secondary N) is 1. The summed E-state index contributed by atoms with van der Waals surface area (Å²) >= 11 is 5.97. The maximum Gasteiger partial charge on any atom is 0.306 e. The third-order valence-electron chi connectivity index (χ3n) is 3.85. The van der Waals surface area contributed by atoms with Crippen LogP contribution in [0, 0.1) is 0 Å². The molecule has 0 aliphatic heterocycles. The molecule has 7 nitrogen and oxygen atoms in total. The number of anilines is 1. The van der Waals surface area contributed by atoms with E-state index in [1.165, 1.54) is 21.3 Å². The number of rotatable bonds is 9. The number of amides is 1. The van der Waals surface area contributed by atoms with E-state index in [0.29, 0.717) is 34.4 Å². The monoisotopic (exact) mass is 407 g/mol. The van der Waals surface area contributed by atoms with Crippen molar-refractivity contribution in [3.05, 3.63) is 47.0 Å². The highest BCUT2D eigenvalue weighted by Crippen LogP contribution is 2.38. The Hall–Kier alpha value is -2.93. The molecule has 0 bridgehead atoms. The van der Waals surface area contributed by atoms with Crippen molar-refractivity contribution >= 4 is 29.2 Å². The zero-order valence-corrected chi connectivity index (χ0v) is 16.7. The Kier molecular flexibility index (Phi) is 7.95. The summed E-state index contributed by atoms with van der Waals surface area (Å²) in [6.07, 6.45) is 0.486. The zero-order valence-electron chi connectivity index (χ0n) is 15.9. The highest BCUT2D eigenvalue weighted by molar-refractivity contribution is 6.33. The van der Waals surface area contributed by atoms with Gasteiger partial charge in [-0.15, -0.1) is 0 Å². The molecule has 2 aromatic carbocycles. The number of carbonyl (C=O) groups excluding carboxylic acids is 2. The molecule has 0 unspecified atom stereocenters. The first kappa shape index (κ1) is 21.4. The van der Waals surface area contributed by atoms with Crippen LogP contribution in [0.2, 0.25) is 5.02 Å². The summed E-state index contributed by atoms with van der Waals surface area (Å²) in [4.78, 5) is 23.8. The molecule has 28 heavy (non-hydrogen) atoms. The first-order valence-corrected chi connectivity index (χ1v) is 8.85. The van der Waals surface area contributed by atoms with E-state index < -0.39 is 11.9 Å². The third-order valence-corrected chi connectivity index (χ3v) is 4.18. The average molecular weight is 408 g/mol. The van der Waals surface area contributed by atoms with Gasteiger partial charge in [-0.2, -0.15) is 0 Å². The van der Waals surface area contributed by atoms with Crippen LogP contribution in [0.3, 0.4) is 0 Å². The molecule has 2 rings (SSSR count). The summed E-state index contributed by atoms with van der Waals surface area (Å²) in [6.45, 7) is -0.390. The Morgan fingerprint density at radius 1 is 1.00 bits per heavy atom. The van der Waals surface area contributed by atoms with Crippen molar-refractivity contribution in [1.82, 2.24) is 0 Å². The van der Waals surface area contributed by atoms with Gasteiger partial charge in [0.05, 0.1) is 32.0 Å². The lowest BCUT2D eigenvalue weighted by atomic mass is 10.1. The minimum Gasteiger partial charge on any atom is -0.493 e. The molecule has 0 saturated carbocycles. The fourth-order valence-electron chi connectivity index (χ4n) is 2.49. The van der Waals surface area contributed by atoms with E-state index >= 15 is 0 Å². The van der Waals surface area contributed by atoms with Crippen LogP contribution in [-0.2, 0) is 20.7 Å². The zero-order chi connectivity index (χ0) is 20.5. The Bertz CT molecular complexity index is 814. The van der Waals surface area contributed by atoms with Gasteiger partial charge in [0.2, 0.25) is 5.75 Å². The predicted molar refractivity (Wildman–Crippen MR) is 105 cm³/mol. The molecule has 150 valence electrons. The van der Waals surface area contributed by atoms with Gasteiger partial charge >= 0.3 is 5.97 Å². The summed E-state index contributed by atoms with van der Waals surface area (Å²) in [5, 5.41) is 2.99. The largest absolute Gasteiger partial charge is 0.493 e. The van der Waals surface area contributed by atoms with Crippen LogP contribution in [0.15, 0.2) is 36.4 Å². The lowest BCUT2D eigenvalue weighted by Gasteiger charge is -2.14. The highest BCUT2D eigenvalue weighted by Gasteiger charge is 2.15. The molecule has 0 spiro atoms. The first-order valence-electron chi connectivity index (χ1n) is 8.47. The molecule has 0 heterocycles. The number of para-hydroxylation sites is 1. The number of hydrogen-bond donors (Lipinski definition) is 1. The smallest absolute Gasteiger partial charge is 0.306 e. The highest BCUT2D eigenvalue weighted by atomic mass is 35.5. The number of hydrogen-bond acceptors (Lipinski definition) is 6. The minimum absolute atomic E-state index is 0.0952. The van der Waals surface area contributed by atoms with Crippen LogP contribution >= 0.6 is 11.6 Å². The fourth-order valence-corrected chi connectivity index (χ4v) is 2.68.